The zero-order chi connectivity index (χ0) is 15.2. The molecule has 0 aliphatic heterocycles. The Bertz CT molecular complexity index is 493. The van der Waals surface area contributed by atoms with Crippen LogP contribution >= 0.6 is 0 Å². The van der Waals surface area contributed by atoms with Gasteiger partial charge in [0.25, 0.3) is 0 Å². The van der Waals surface area contributed by atoms with Gasteiger partial charge in [-0.1, -0.05) is 25.0 Å². The molecule has 0 heterocycles. The van der Waals surface area contributed by atoms with Crippen LogP contribution < -0.4 is 11.5 Å². The van der Waals surface area contributed by atoms with Gasteiger partial charge in [-0.2, -0.15) is 0 Å². The minimum absolute atomic E-state index is 0.0116. The predicted molar refractivity (Wildman–Crippen MR) is 82.3 cm³/mol. The lowest BCUT2D eigenvalue weighted by Crippen LogP contribution is -2.44. The van der Waals surface area contributed by atoms with E-state index in [0.29, 0.717) is 18.5 Å². The van der Waals surface area contributed by atoms with Gasteiger partial charge in [0.2, 0.25) is 11.8 Å². The number of nitrogen functional groups attached to an aromatic ring is 1. The average Bonchev–Trinajstić information content (AvgIpc) is 2.97. The lowest BCUT2D eigenvalue weighted by atomic mass is 10.1. The van der Waals surface area contributed by atoms with Crippen molar-refractivity contribution in [1.82, 2.24) is 4.90 Å². The summed E-state index contributed by atoms with van der Waals surface area (Å²) in [5, 5.41) is 0. The number of amides is 2. The monoisotopic (exact) mass is 289 g/mol. The summed E-state index contributed by atoms with van der Waals surface area (Å²) >= 11 is 0. The molecule has 1 aliphatic rings. The summed E-state index contributed by atoms with van der Waals surface area (Å²) < 4.78 is 0. The van der Waals surface area contributed by atoms with Gasteiger partial charge in [-0.25, -0.2) is 0 Å². The van der Waals surface area contributed by atoms with Crippen molar-refractivity contribution in [2.75, 3.05) is 12.3 Å². The molecule has 0 radical (unpaired) electrons. The molecule has 1 aromatic rings. The Morgan fingerprint density at radius 2 is 1.76 bits per heavy atom. The Hall–Kier alpha value is -2.04. The lowest BCUT2D eigenvalue weighted by molar-refractivity contribution is -0.137. The van der Waals surface area contributed by atoms with Crippen molar-refractivity contribution >= 4 is 17.5 Å². The molecule has 21 heavy (non-hydrogen) atoms. The van der Waals surface area contributed by atoms with Crippen molar-refractivity contribution in [3.63, 3.8) is 0 Å². The number of carbonyl (C=O) groups is 2. The first-order valence-electron chi connectivity index (χ1n) is 7.48. The van der Waals surface area contributed by atoms with Gasteiger partial charge in [0, 0.05) is 18.2 Å². The third-order valence-electron chi connectivity index (χ3n) is 4.02. The van der Waals surface area contributed by atoms with Crippen LogP contribution in [0.1, 0.15) is 37.7 Å². The van der Waals surface area contributed by atoms with Crippen molar-refractivity contribution in [2.24, 2.45) is 5.73 Å². The van der Waals surface area contributed by atoms with Crippen molar-refractivity contribution in [1.29, 1.82) is 0 Å². The highest BCUT2D eigenvalue weighted by Gasteiger charge is 2.27. The van der Waals surface area contributed by atoms with Crippen LogP contribution in [0, 0.1) is 0 Å². The van der Waals surface area contributed by atoms with Gasteiger partial charge in [0.15, 0.2) is 0 Å². The minimum Gasteiger partial charge on any atom is -0.399 e. The minimum atomic E-state index is -0.442. The molecule has 0 bridgehead atoms. The Morgan fingerprint density at radius 1 is 1.14 bits per heavy atom. The summed E-state index contributed by atoms with van der Waals surface area (Å²) in [6, 6.07) is 7.69. The predicted octanol–water partition coefficient (Wildman–Crippen LogP) is 1.46. The number of benzene rings is 1. The van der Waals surface area contributed by atoms with Crippen LogP contribution in [-0.4, -0.2) is 29.3 Å². The molecular formula is C16H23N3O2. The van der Waals surface area contributed by atoms with Gasteiger partial charge in [0.05, 0.1) is 6.54 Å². The Kier molecular flexibility index (Phi) is 5.20. The molecule has 0 spiro atoms. The van der Waals surface area contributed by atoms with Gasteiger partial charge in [-0.15, -0.1) is 0 Å². The van der Waals surface area contributed by atoms with E-state index < -0.39 is 5.91 Å². The highest BCUT2D eigenvalue weighted by Crippen LogP contribution is 2.24. The normalized spacial score (nSPS) is 15.0. The van der Waals surface area contributed by atoms with Crippen molar-refractivity contribution in [2.45, 2.75) is 44.6 Å². The Balaban J connectivity index is 1.94. The largest absolute Gasteiger partial charge is 0.399 e. The number of hydrogen-bond acceptors (Lipinski definition) is 3. The van der Waals surface area contributed by atoms with Crippen molar-refractivity contribution in [3.05, 3.63) is 29.8 Å². The molecule has 5 heteroatoms. The molecule has 2 amide bonds. The fourth-order valence-corrected chi connectivity index (χ4v) is 2.88. The number of hydrogen-bond donors (Lipinski definition) is 2. The molecule has 0 saturated heterocycles. The molecule has 4 N–H and O–H groups in total. The van der Waals surface area contributed by atoms with Crippen LogP contribution in [0.5, 0.6) is 0 Å². The average molecular weight is 289 g/mol. The van der Waals surface area contributed by atoms with Gasteiger partial charge in [0.1, 0.15) is 0 Å². The van der Waals surface area contributed by atoms with Crippen LogP contribution in [0.15, 0.2) is 24.3 Å². The standard InChI is InChI=1S/C16H23N3O2/c17-13-8-5-12(6-9-13)7-10-16(21)19(11-15(18)20)14-3-1-2-4-14/h5-6,8-9,14H,1-4,7,10-11,17H2,(H2,18,20). The van der Waals surface area contributed by atoms with Crippen LogP contribution in [0.25, 0.3) is 0 Å². The molecule has 5 nitrogen and oxygen atoms in total. The first-order chi connectivity index (χ1) is 10.1. The van der Waals surface area contributed by atoms with Crippen LogP contribution in [0.3, 0.4) is 0 Å². The van der Waals surface area contributed by atoms with Crippen LogP contribution in [0.2, 0.25) is 0 Å². The third-order valence-corrected chi connectivity index (χ3v) is 4.02. The summed E-state index contributed by atoms with van der Waals surface area (Å²) in [7, 11) is 0. The molecule has 1 fully saturated rings. The quantitative estimate of drug-likeness (QED) is 0.777. The Morgan fingerprint density at radius 3 is 2.33 bits per heavy atom. The molecule has 1 saturated carbocycles. The number of anilines is 1. The van der Waals surface area contributed by atoms with Crippen LogP contribution in [0.4, 0.5) is 5.69 Å². The summed E-state index contributed by atoms with van der Waals surface area (Å²) in [6.07, 6.45) is 5.23. The first-order valence-corrected chi connectivity index (χ1v) is 7.48. The fraction of sp³-hybridized carbons (Fsp3) is 0.500. The smallest absolute Gasteiger partial charge is 0.237 e. The number of nitrogens with two attached hydrogens (primary N) is 2. The number of primary amides is 1. The second-order valence-corrected chi connectivity index (χ2v) is 5.67. The second kappa shape index (κ2) is 7.11. The summed E-state index contributed by atoms with van der Waals surface area (Å²) in [5.74, 6) is -0.430. The maximum absolute atomic E-state index is 12.4. The number of aryl methyl sites for hydroxylation is 1. The van der Waals surface area contributed by atoms with E-state index in [1.807, 2.05) is 24.3 Å². The second-order valence-electron chi connectivity index (χ2n) is 5.67. The molecule has 2 rings (SSSR count). The van der Waals surface area contributed by atoms with Crippen molar-refractivity contribution in [3.8, 4) is 0 Å². The number of rotatable bonds is 6. The van der Waals surface area contributed by atoms with Gasteiger partial charge >= 0.3 is 0 Å². The summed E-state index contributed by atoms with van der Waals surface area (Å²) in [5.41, 5.74) is 12.7. The number of carbonyl (C=O) groups excluding carboxylic acids is 2. The molecule has 114 valence electrons. The van der Waals surface area contributed by atoms with Crippen LogP contribution in [-0.2, 0) is 16.0 Å². The molecule has 1 aliphatic carbocycles. The zero-order valence-electron chi connectivity index (χ0n) is 12.3. The van der Waals surface area contributed by atoms with E-state index in [4.69, 9.17) is 11.5 Å². The van der Waals surface area contributed by atoms with E-state index in [2.05, 4.69) is 0 Å². The maximum Gasteiger partial charge on any atom is 0.237 e. The molecule has 0 atom stereocenters. The van der Waals surface area contributed by atoms with Gasteiger partial charge < -0.3 is 16.4 Å². The third kappa shape index (κ3) is 4.48. The zero-order valence-corrected chi connectivity index (χ0v) is 12.3. The maximum atomic E-state index is 12.4. The van der Waals surface area contributed by atoms with E-state index in [0.717, 1.165) is 31.2 Å². The van der Waals surface area contributed by atoms with E-state index >= 15 is 0 Å². The van der Waals surface area contributed by atoms with Crippen molar-refractivity contribution < 1.29 is 9.59 Å². The molecule has 0 aromatic heterocycles. The lowest BCUT2D eigenvalue weighted by Gasteiger charge is -2.27. The fourth-order valence-electron chi connectivity index (χ4n) is 2.88. The highest BCUT2D eigenvalue weighted by molar-refractivity contribution is 5.84. The van der Waals surface area contributed by atoms with Gasteiger partial charge in [-0.3, -0.25) is 9.59 Å². The summed E-state index contributed by atoms with van der Waals surface area (Å²) in [4.78, 5) is 25.3. The van der Waals surface area contributed by atoms with E-state index in [9.17, 15) is 9.59 Å². The molecule has 0 unspecified atom stereocenters. The first kappa shape index (κ1) is 15.4. The number of nitrogens with zero attached hydrogens (tertiary/aromatic N) is 1. The van der Waals surface area contributed by atoms with Gasteiger partial charge in [-0.05, 0) is 37.0 Å². The van der Waals surface area contributed by atoms with E-state index in [1.165, 1.54) is 0 Å². The molecular weight excluding hydrogens is 266 g/mol. The van der Waals surface area contributed by atoms with E-state index in [1.54, 1.807) is 4.90 Å². The Labute approximate surface area is 125 Å². The topological polar surface area (TPSA) is 89.4 Å². The van der Waals surface area contributed by atoms with E-state index in [-0.39, 0.29) is 18.5 Å². The highest BCUT2D eigenvalue weighted by atomic mass is 16.2. The summed E-state index contributed by atoms with van der Waals surface area (Å²) in [6.45, 7) is 0.0330. The SMILES string of the molecule is NC(=O)CN(C(=O)CCc1ccc(N)cc1)C1CCCC1. The molecule has 1 aromatic carbocycles.